The Morgan fingerprint density at radius 1 is 0.806 bits per heavy atom. The fourth-order valence-electron chi connectivity index (χ4n) is 4.01. The molecule has 1 N–H and O–H groups in total. The molecular formula is C26H28O5. The van der Waals surface area contributed by atoms with Gasteiger partial charge in [-0.05, 0) is 56.7 Å². The van der Waals surface area contributed by atoms with Crippen molar-refractivity contribution in [3.63, 3.8) is 0 Å². The topological polar surface area (TPSA) is 57.2 Å². The zero-order valence-corrected chi connectivity index (χ0v) is 18.6. The third-order valence-electron chi connectivity index (χ3n) is 5.66. The summed E-state index contributed by atoms with van der Waals surface area (Å²) in [5, 5.41) is 10.4. The lowest BCUT2D eigenvalue weighted by atomic mass is 9.96. The van der Waals surface area contributed by atoms with Gasteiger partial charge in [0.25, 0.3) is 0 Å². The van der Waals surface area contributed by atoms with Gasteiger partial charge in [0.1, 0.15) is 17.6 Å². The van der Waals surface area contributed by atoms with Crippen molar-refractivity contribution in [2.45, 2.75) is 39.4 Å². The first-order chi connectivity index (χ1) is 14.9. The van der Waals surface area contributed by atoms with Crippen LogP contribution in [0.2, 0.25) is 0 Å². The van der Waals surface area contributed by atoms with Crippen molar-refractivity contribution in [1.82, 2.24) is 0 Å². The molecule has 0 aliphatic carbocycles. The predicted octanol–water partition coefficient (Wildman–Crippen LogP) is 5.98. The molecule has 5 nitrogen and oxygen atoms in total. The highest BCUT2D eigenvalue weighted by Crippen LogP contribution is 2.46. The first kappa shape index (κ1) is 20.9. The summed E-state index contributed by atoms with van der Waals surface area (Å²) in [4.78, 5) is 0. The van der Waals surface area contributed by atoms with E-state index in [0.717, 1.165) is 45.7 Å². The molecule has 31 heavy (non-hydrogen) atoms. The molecule has 0 saturated heterocycles. The van der Waals surface area contributed by atoms with E-state index in [4.69, 9.17) is 18.9 Å². The van der Waals surface area contributed by atoms with Gasteiger partial charge in [0.2, 0.25) is 5.75 Å². The van der Waals surface area contributed by atoms with E-state index in [0.29, 0.717) is 11.5 Å². The van der Waals surface area contributed by atoms with Crippen LogP contribution in [-0.2, 0) is 0 Å². The second kappa shape index (κ2) is 8.42. The Labute approximate surface area is 183 Å². The number of rotatable bonds is 4. The summed E-state index contributed by atoms with van der Waals surface area (Å²) < 4.78 is 23.9. The van der Waals surface area contributed by atoms with E-state index in [-0.39, 0.29) is 11.9 Å². The average molecular weight is 421 g/mol. The van der Waals surface area contributed by atoms with Crippen LogP contribution >= 0.6 is 0 Å². The maximum absolute atomic E-state index is 10.4. The van der Waals surface area contributed by atoms with E-state index < -0.39 is 6.10 Å². The number of hydrogen-bond acceptors (Lipinski definition) is 5. The summed E-state index contributed by atoms with van der Waals surface area (Å²) in [7, 11) is 3.03. The Hall–Kier alpha value is -3.34. The number of fused-ring (bicyclic) bond motifs is 3. The standard InChI is InChI=1S/C26H28O5/c1-6-20-26(17-13-23(28-4)25(27)24(14-17)29-5)31-22-10-8-16(3)12-19(22)18-11-15(2)7-9-21(18)30-20/h7-14,20,26-27H,6H2,1-5H3. The minimum absolute atomic E-state index is 0.0367. The Kier molecular flexibility index (Phi) is 5.68. The maximum Gasteiger partial charge on any atom is 0.200 e. The summed E-state index contributed by atoms with van der Waals surface area (Å²) in [6.07, 6.45) is 0.0455. The Morgan fingerprint density at radius 3 is 1.81 bits per heavy atom. The van der Waals surface area contributed by atoms with Crippen LogP contribution in [0.5, 0.6) is 28.7 Å². The van der Waals surface area contributed by atoms with Gasteiger partial charge in [-0.25, -0.2) is 0 Å². The molecule has 5 heteroatoms. The Morgan fingerprint density at radius 2 is 1.32 bits per heavy atom. The normalized spacial score (nSPS) is 17.3. The number of aromatic hydroxyl groups is 1. The summed E-state index contributed by atoms with van der Waals surface area (Å²) in [6.45, 7) is 6.21. The molecule has 0 radical (unpaired) electrons. The van der Waals surface area contributed by atoms with Crippen molar-refractivity contribution in [3.8, 4) is 39.9 Å². The lowest BCUT2D eigenvalue weighted by Gasteiger charge is -2.33. The number of methoxy groups -OCH3 is 2. The Bertz CT molecular complexity index is 1080. The molecule has 0 saturated carbocycles. The van der Waals surface area contributed by atoms with Crippen LogP contribution in [0.3, 0.4) is 0 Å². The number of phenolic OH excluding ortho intramolecular Hbond substituents is 1. The first-order valence-electron chi connectivity index (χ1n) is 10.4. The summed E-state index contributed by atoms with van der Waals surface area (Å²) in [5.74, 6) is 2.24. The van der Waals surface area contributed by atoms with Gasteiger partial charge < -0.3 is 24.1 Å². The largest absolute Gasteiger partial charge is 0.502 e. The van der Waals surface area contributed by atoms with Crippen LogP contribution in [0.1, 0.15) is 36.1 Å². The van der Waals surface area contributed by atoms with Gasteiger partial charge in [-0.3, -0.25) is 0 Å². The quantitative estimate of drug-likeness (QED) is 0.562. The zero-order valence-electron chi connectivity index (χ0n) is 18.6. The van der Waals surface area contributed by atoms with Crippen molar-refractivity contribution >= 4 is 0 Å². The lowest BCUT2D eigenvalue weighted by molar-refractivity contribution is 0.0487. The van der Waals surface area contributed by atoms with E-state index in [1.165, 1.54) is 14.2 Å². The second-order valence-corrected chi connectivity index (χ2v) is 7.88. The molecule has 3 aromatic carbocycles. The molecule has 0 bridgehead atoms. The fraction of sp³-hybridized carbons (Fsp3) is 0.308. The van der Waals surface area contributed by atoms with E-state index in [9.17, 15) is 5.11 Å². The molecule has 2 unspecified atom stereocenters. The molecule has 1 aliphatic rings. The van der Waals surface area contributed by atoms with Crippen LogP contribution in [0.15, 0.2) is 48.5 Å². The van der Waals surface area contributed by atoms with Crippen LogP contribution in [0.4, 0.5) is 0 Å². The molecule has 0 amide bonds. The highest BCUT2D eigenvalue weighted by Gasteiger charge is 2.32. The van der Waals surface area contributed by atoms with Crippen LogP contribution in [-0.4, -0.2) is 25.4 Å². The minimum atomic E-state index is -0.427. The SMILES string of the molecule is CCC1Oc2ccc(C)cc2-c2cc(C)ccc2OC1c1cc(OC)c(O)c(OC)c1. The van der Waals surface area contributed by atoms with Gasteiger partial charge in [0, 0.05) is 16.7 Å². The third kappa shape index (κ3) is 3.88. The van der Waals surface area contributed by atoms with E-state index >= 15 is 0 Å². The van der Waals surface area contributed by atoms with E-state index in [2.05, 4.69) is 39.0 Å². The zero-order chi connectivity index (χ0) is 22.1. The van der Waals surface area contributed by atoms with Gasteiger partial charge >= 0.3 is 0 Å². The highest BCUT2D eigenvalue weighted by atomic mass is 16.5. The van der Waals surface area contributed by atoms with Crippen LogP contribution in [0, 0.1) is 13.8 Å². The number of phenols is 1. The smallest absolute Gasteiger partial charge is 0.200 e. The van der Waals surface area contributed by atoms with Crippen molar-refractivity contribution in [2.75, 3.05) is 14.2 Å². The molecule has 3 aromatic rings. The highest BCUT2D eigenvalue weighted by molar-refractivity contribution is 5.77. The summed E-state index contributed by atoms with van der Waals surface area (Å²) in [5.41, 5.74) is 5.13. The molecule has 0 fully saturated rings. The fourth-order valence-corrected chi connectivity index (χ4v) is 4.01. The van der Waals surface area contributed by atoms with Crippen molar-refractivity contribution in [2.24, 2.45) is 0 Å². The molecule has 0 spiro atoms. The van der Waals surface area contributed by atoms with Crippen molar-refractivity contribution in [3.05, 3.63) is 65.2 Å². The van der Waals surface area contributed by atoms with Gasteiger partial charge in [0.15, 0.2) is 17.6 Å². The second-order valence-electron chi connectivity index (χ2n) is 7.88. The monoisotopic (exact) mass is 420 g/mol. The Balaban J connectivity index is 1.90. The predicted molar refractivity (Wildman–Crippen MR) is 121 cm³/mol. The van der Waals surface area contributed by atoms with Crippen molar-refractivity contribution in [1.29, 1.82) is 0 Å². The minimum Gasteiger partial charge on any atom is -0.502 e. The lowest BCUT2D eigenvalue weighted by Crippen LogP contribution is -2.30. The number of ether oxygens (including phenoxy) is 4. The van der Waals surface area contributed by atoms with E-state index in [1.807, 2.05) is 18.2 Å². The number of hydrogen-bond donors (Lipinski definition) is 1. The molecule has 1 aliphatic heterocycles. The average Bonchev–Trinajstić information content (AvgIpc) is 2.77. The van der Waals surface area contributed by atoms with Gasteiger partial charge in [0.05, 0.1) is 14.2 Å². The van der Waals surface area contributed by atoms with Crippen molar-refractivity contribution < 1.29 is 24.1 Å². The summed E-state index contributed by atoms with van der Waals surface area (Å²) >= 11 is 0. The van der Waals surface area contributed by atoms with Gasteiger partial charge in [-0.1, -0.05) is 30.2 Å². The van der Waals surface area contributed by atoms with Gasteiger partial charge in [-0.15, -0.1) is 0 Å². The number of aryl methyl sites for hydroxylation is 2. The molecular weight excluding hydrogens is 392 g/mol. The molecule has 4 rings (SSSR count). The number of benzene rings is 3. The summed E-state index contributed by atoms with van der Waals surface area (Å²) in [6, 6.07) is 16.0. The van der Waals surface area contributed by atoms with Crippen LogP contribution < -0.4 is 18.9 Å². The first-order valence-corrected chi connectivity index (χ1v) is 10.4. The molecule has 0 aromatic heterocycles. The molecule has 1 heterocycles. The molecule has 162 valence electrons. The van der Waals surface area contributed by atoms with Gasteiger partial charge in [-0.2, -0.15) is 0 Å². The third-order valence-corrected chi connectivity index (χ3v) is 5.66. The van der Waals surface area contributed by atoms with Crippen LogP contribution in [0.25, 0.3) is 11.1 Å². The molecule has 2 atom stereocenters. The maximum atomic E-state index is 10.4. The van der Waals surface area contributed by atoms with E-state index in [1.54, 1.807) is 12.1 Å².